The summed E-state index contributed by atoms with van der Waals surface area (Å²) in [4.78, 5) is 11.7. The highest BCUT2D eigenvalue weighted by Crippen LogP contribution is 2.34. The fourth-order valence-electron chi connectivity index (χ4n) is 2.21. The summed E-state index contributed by atoms with van der Waals surface area (Å²) in [5.74, 6) is 1.05. The van der Waals surface area contributed by atoms with Crippen molar-refractivity contribution in [3.63, 3.8) is 0 Å². The third kappa shape index (κ3) is 4.36. The van der Waals surface area contributed by atoms with Gasteiger partial charge in [0, 0.05) is 0 Å². The first-order chi connectivity index (χ1) is 10.0. The zero-order valence-electron chi connectivity index (χ0n) is 13.5. The lowest BCUT2D eigenvalue weighted by Crippen LogP contribution is -2.42. The van der Waals surface area contributed by atoms with Gasteiger partial charge in [0.15, 0.2) is 11.5 Å². The van der Waals surface area contributed by atoms with E-state index in [1.165, 1.54) is 7.11 Å². The lowest BCUT2D eigenvalue weighted by molar-refractivity contribution is -0.142. The van der Waals surface area contributed by atoms with Gasteiger partial charge in [-0.1, -0.05) is 13.0 Å². The molecule has 0 aliphatic rings. The minimum Gasteiger partial charge on any atom is -0.493 e. The molecule has 1 unspecified atom stereocenters. The van der Waals surface area contributed by atoms with E-state index in [-0.39, 0.29) is 12.4 Å². The van der Waals surface area contributed by atoms with Crippen molar-refractivity contribution in [1.29, 1.82) is 0 Å². The van der Waals surface area contributed by atoms with Gasteiger partial charge in [0.05, 0.1) is 33.3 Å². The van der Waals surface area contributed by atoms with Crippen molar-refractivity contribution in [3.8, 4) is 11.5 Å². The number of rotatable bonds is 8. The molecule has 21 heavy (non-hydrogen) atoms. The van der Waals surface area contributed by atoms with Gasteiger partial charge in [-0.25, -0.2) is 0 Å². The van der Waals surface area contributed by atoms with Crippen LogP contribution >= 0.6 is 0 Å². The molecule has 0 amide bonds. The van der Waals surface area contributed by atoms with E-state index >= 15 is 0 Å². The predicted octanol–water partition coefficient (Wildman–Crippen LogP) is 2.48. The first kappa shape index (κ1) is 17.3. The molecule has 5 heteroatoms. The predicted molar refractivity (Wildman–Crippen MR) is 81.8 cm³/mol. The summed E-state index contributed by atoms with van der Waals surface area (Å²) in [6.07, 6.45) is 1.23. The Morgan fingerprint density at radius 1 is 1.19 bits per heavy atom. The molecule has 1 rings (SSSR count). The number of esters is 1. The summed E-state index contributed by atoms with van der Waals surface area (Å²) in [5, 5.41) is 3.42. The van der Waals surface area contributed by atoms with Crippen molar-refractivity contribution in [2.24, 2.45) is 0 Å². The maximum absolute atomic E-state index is 11.7. The van der Waals surface area contributed by atoms with Crippen molar-refractivity contribution in [3.05, 3.63) is 23.8 Å². The summed E-state index contributed by atoms with van der Waals surface area (Å²) in [6, 6.07) is 5.68. The zero-order valence-corrected chi connectivity index (χ0v) is 13.5. The Bertz CT molecular complexity index is 475. The number of carbonyl (C=O) groups is 1. The fourth-order valence-corrected chi connectivity index (χ4v) is 2.21. The maximum atomic E-state index is 11.7. The van der Waals surface area contributed by atoms with Gasteiger partial charge in [-0.2, -0.15) is 0 Å². The zero-order chi connectivity index (χ0) is 15.9. The van der Waals surface area contributed by atoms with Crippen LogP contribution in [0.2, 0.25) is 0 Å². The second-order valence-electron chi connectivity index (χ2n) is 5.08. The largest absolute Gasteiger partial charge is 0.493 e. The molecule has 0 fully saturated rings. The fraction of sp³-hybridized carbons (Fsp3) is 0.562. The molecule has 1 N–H and O–H groups in total. The first-order valence-corrected chi connectivity index (χ1v) is 7.05. The van der Waals surface area contributed by atoms with Crippen LogP contribution in [0.4, 0.5) is 0 Å². The molecular formula is C16H25NO4. The van der Waals surface area contributed by atoms with Gasteiger partial charge in [-0.15, -0.1) is 0 Å². The highest BCUT2D eigenvalue weighted by atomic mass is 16.5. The molecule has 0 radical (unpaired) electrons. The molecule has 5 nitrogen and oxygen atoms in total. The summed E-state index contributed by atoms with van der Waals surface area (Å²) in [5.41, 5.74) is 0.446. The number of hydrogen-bond acceptors (Lipinski definition) is 5. The Kier molecular flexibility index (Phi) is 6.49. The van der Waals surface area contributed by atoms with Crippen LogP contribution in [0.5, 0.6) is 11.5 Å². The van der Waals surface area contributed by atoms with Crippen LogP contribution in [0.1, 0.15) is 32.3 Å². The standard InChI is InChI=1S/C16H25NO4/c1-6-9-17-16(2,11-15(18)21-5)12-7-8-13(19-3)14(10-12)20-4/h7-8,10,17H,6,9,11H2,1-5H3. The van der Waals surface area contributed by atoms with Crippen LogP contribution in [0.3, 0.4) is 0 Å². The third-order valence-corrected chi connectivity index (χ3v) is 3.51. The Morgan fingerprint density at radius 2 is 1.86 bits per heavy atom. The van der Waals surface area contributed by atoms with E-state index in [9.17, 15) is 4.79 Å². The van der Waals surface area contributed by atoms with Crippen LogP contribution < -0.4 is 14.8 Å². The van der Waals surface area contributed by atoms with E-state index in [0.29, 0.717) is 11.5 Å². The van der Waals surface area contributed by atoms with E-state index < -0.39 is 5.54 Å². The smallest absolute Gasteiger partial charge is 0.307 e. The molecule has 118 valence electrons. The minimum absolute atomic E-state index is 0.249. The molecule has 0 aliphatic carbocycles. The molecule has 0 bridgehead atoms. The molecule has 1 aromatic rings. The van der Waals surface area contributed by atoms with Gasteiger partial charge in [-0.3, -0.25) is 4.79 Å². The second-order valence-corrected chi connectivity index (χ2v) is 5.08. The van der Waals surface area contributed by atoms with Gasteiger partial charge in [0.2, 0.25) is 0 Å². The third-order valence-electron chi connectivity index (χ3n) is 3.51. The van der Waals surface area contributed by atoms with E-state index in [4.69, 9.17) is 14.2 Å². The first-order valence-electron chi connectivity index (χ1n) is 7.05. The van der Waals surface area contributed by atoms with Gasteiger partial charge in [0.1, 0.15) is 0 Å². The average molecular weight is 295 g/mol. The number of benzene rings is 1. The van der Waals surface area contributed by atoms with E-state index in [1.54, 1.807) is 14.2 Å². The Morgan fingerprint density at radius 3 is 2.38 bits per heavy atom. The molecule has 0 aromatic heterocycles. The SMILES string of the molecule is CCCNC(C)(CC(=O)OC)c1ccc(OC)c(OC)c1. The lowest BCUT2D eigenvalue weighted by Gasteiger charge is -2.31. The molecule has 1 aromatic carbocycles. The molecule has 0 saturated heterocycles. The van der Waals surface area contributed by atoms with E-state index in [1.807, 2.05) is 25.1 Å². The Balaban J connectivity index is 3.15. The quantitative estimate of drug-likeness (QED) is 0.747. The van der Waals surface area contributed by atoms with Gasteiger partial charge < -0.3 is 19.5 Å². The highest BCUT2D eigenvalue weighted by Gasteiger charge is 2.30. The second kappa shape index (κ2) is 7.88. The Hall–Kier alpha value is -1.75. The normalized spacial score (nSPS) is 13.4. The molecule has 1 atom stereocenters. The number of nitrogens with one attached hydrogen (secondary N) is 1. The van der Waals surface area contributed by atoms with Gasteiger partial charge in [-0.05, 0) is 37.6 Å². The van der Waals surface area contributed by atoms with Gasteiger partial charge >= 0.3 is 5.97 Å². The van der Waals surface area contributed by atoms with E-state index in [2.05, 4.69) is 12.2 Å². The molecular weight excluding hydrogens is 270 g/mol. The van der Waals surface area contributed by atoms with Crippen LogP contribution in [0.25, 0.3) is 0 Å². The van der Waals surface area contributed by atoms with Crippen LogP contribution in [-0.2, 0) is 15.1 Å². The van der Waals surface area contributed by atoms with Crippen LogP contribution in [0, 0.1) is 0 Å². The molecule has 0 saturated carbocycles. The average Bonchev–Trinajstić information content (AvgIpc) is 2.51. The summed E-state index contributed by atoms with van der Waals surface area (Å²) >= 11 is 0. The number of hydrogen-bond donors (Lipinski definition) is 1. The number of ether oxygens (including phenoxy) is 3. The van der Waals surface area contributed by atoms with Gasteiger partial charge in [0.25, 0.3) is 0 Å². The van der Waals surface area contributed by atoms with Crippen molar-refractivity contribution in [1.82, 2.24) is 5.32 Å². The van der Waals surface area contributed by atoms with E-state index in [0.717, 1.165) is 18.5 Å². The number of methoxy groups -OCH3 is 3. The topological polar surface area (TPSA) is 56.8 Å². The Labute approximate surface area is 126 Å². The number of carbonyl (C=O) groups excluding carboxylic acids is 1. The monoisotopic (exact) mass is 295 g/mol. The van der Waals surface area contributed by atoms with Crippen LogP contribution in [-0.4, -0.2) is 33.8 Å². The maximum Gasteiger partial charge on any atom is 0.307 e. The summed E-state index contributed by atoms with van der Waals surface area (Å²) in [7, 11) is 4.59. The molecule has 0 aliphatic heterocycles. The van der Waals surface area contributed by atoms with Crippen LogP contribution in [0.15, 0.2) is 18.2 Å². The van der Waals surface area contributed by atoms with Crippen molar-refractivity contribution >= 4 is 5.97 Å². The van der Waals surface area contributed by atoms with Crippen molar-refractivity contribution < 1.29 is 19.0 Å². The summed E-state index contributed by atoms with van der Waals surface area (Å²) in [6.45, 7) is 4.88. The van der Waals surface area contributed by atoms with Crippen molar-refractivity contribution in [2.75, 3.05) is 27.9 Å². The molecule has 0 spiro atoms. The van der Waals surface area contributed by atoms with Crippen molar-refractivity contribution in [2.45, 2.75) is 32.2 Å². The molecule has 0 heterocycles. The summed E-state index contributed by atoms with van der Waals surface area (Å²) < 4.78 is 15.4. The highest BCUT2D eigenvalue weighted by molar-refractivity contribution is 5.71. The minimum atomic E-state index is -0.511. The lowest BCUT2D eigenvalue weighted by atomic mass is 9.88.